The van der Waals surface area contributed by atoms with Gasteiger partial charge in [0, 0.05) is 43.6 Å². The highest BCUT2D eigenvalue weighted by atomic mass is 16.3. The fourth-order valence-electron chi connectivity index (χ4n) is 7.81. The molecule has 2 N–H and O–H groups in total. The third-order valence-corrected chi connectivity index (χ3v) is 8.93. The van der Waals surface area contributed by atoms with E-state index in [1.165, 1.54) is 25.8 Å². The fraction of sp³-hybridized carbons (Fsp3) is 0.667. The van der Waals surface area contributed by atoms with E-state index in [9.17, 15) is 10.2 Å². The zero-order chi connectivity index (χ0) is 23.4. The van der Waals surface area contributed by atoms with Crippen molar-refractivity contribution in [2.45, 2.75) is 76.0 Å². The minimum atomic E-state index is -0.487. The van der Waals surface area contributed by atoms with Crippen LogP contribution in [0.4, 0.5) is 0 Å². The second-order valence-corrected chi connectivity index (χ2v) is 11.3. The molecule has 5 aliphatic heterocycles. The summed E-state index contributed by atoms with van der Waals surface area (Å²) in [6.45, 7) is 4.56. The van der Waals surface area contributed by atoms with Crippen LogP contribution in [0.2, 0.25) is 0 Å². The lowest BCUT2D eigenvalue weighted by Crippen LogP contribution is -2.72. The number of allylic oxidation sites excluding steroid dienone is 7. The number of fused-ring (bicyclic) bond motifs is 1. The van der Waals surface area contributed by atoms with Crippen LogP contribution in [-0.4, -0.2) is 71.0 Å². The topological polar surface area (TPSA) is 46.9 Å². The van der Waals surface area contributed by atoms with E-state index >= 15 is 0 Å². The Kier molecular flexibility index (Phi) is 7.90. The van der Waals surface area contributed by atoms with Crippen LogP contribution in [0.15, 0.2) is 60.3 Å². The van der Waals surface area contributed by atoms with Crippen molar-refractivity contribution in [1.29, 1.82) is 0 Å². The molecule has 6 aliphatic rings. The third-order valence-electron chi connectivity index (χ3n) is 8.93. The number of nitrogens with zero attached hydrogens (tertiary/aromatic N) is 2. The first-order valence-electron chi connectivity index (χ1n) is 13.8. The lowest BCUT2D eigenvalue weighted by atomic mass is 9.51. The van der Waals surface area contributed by atoms with Gasteiger partial charge >= 0.3 is 0 Å². The maximum atomic E-state index is 11.6. The Morgan fingerprint density at radius 3 is 2.53 bits per heavy atom. The minimum absolute atomic E-state index is 0.0575. The number of hydrogen-bond acceptors (Lipinski definition) is 4. The second kappa shape index (κ2) is 11.1. The van der Waals surface area contributed by atoms with Crippen molar-refractivity contribution < 1.29 is 10.2 Å². The van der Waals surface area contributed by atoms with Gasteiger partial charge in [-0.25, -0.2) is 0 Å². The quantitative estimate of drug-likeness (QED) is 0.513. The maximum Gasteiger partial charge on any atom is 0.0847 e. The molecule has 2 saturated heterocycles. The highest BCUT2D eigenvalue weighted by Crippen LogP contribution is 2.57. The highest BCUT2D eigenvalue weighted by molar-refractivity contribution is 5.31. The van der Waals surface area contributed by atoms with E-state index in [-0.39, 0.29) is 11.5 Å². The molecule has 1 spiro atoms. The summed E-state index contributed by atoms with van der Waals surface area (Å²) in [6.07, 6.45) is 29.6. The van der Waals surface area contributed by atoms with Crippen molar-refractivity contribution >= 4 is 0 Å². The van der Waals surface area contributed by atoms with E-state index in [4.69, 9.17) is 0 Å². The van der Waals surface area contributed by atoms with Crippen molar-refractivity contribution in [3.05, 3.63) is 60.3 Å². The molecular formula is C30H44N2O2. The van der Waals surface area contributed by atoms with Crippen LogP contribution in [0, 0.1) is 17.3 Å². The van der Waals surface area contributed by atoms with E-state index in [0.29, 0.717) is 31.0 Å². The van der Waals surface area contributed by atoms with Crippen molar-refractivity contribution in [1.82, 2.24) is 9.80 Å². The number of hydrogen-bond donors (Lipinski definition) is 2. The lowest BCUT2D eigenvalue weighted by Gasteiger charge is -2.65. The first-order chi connectivity index (χ1) is 16.7. The molecular weight excluding hydrogens is 420 g/mol. The van der Waals surface area contributed by atoms with Gasteiger partial charge in [-0.05, 0) is 70.3 Å². The second-order valence-electron chi connectivity index (χ2n) is 11.3. The summed E-state index contributed by atoms with van der Waals surface area (Å²) in [7, 11) is 0. The van der Waals surface area contributed by atoms with Gasteiger partial charge in [0.2, 0.25) is 0 Å². The van der Waals surface area contributed by atoms with Gasteiger partial charge in [-0.3, -0.25) is 9.80 Å². The van der Waals surface area contributed by atoms with E-state index in [2.05, 4.69) is 58.4 Å². The Morgan fingerprint density at radius 1 is 0.824 bits per heavy atom. The Bertz CT molecular complexity index is 843. The van der Waals surface area contributed by atoms with Gasteiger partial charge in [-0.15, -0.1) is 0 Å². The largest absolute Gasteiger partial charge is 0.391 e. The van der Waals surface area contributed by atoms with E-state index < -0.39 is 6.10 Å². The number of aliphatic hydroxyl groups is 2. The molecule has 2 fully saturated rings. The zero-order valence-corrected chi connectivity index (χ0v) is 20.8. The average molecular weight is 465 g/mol. The van der Waals surface area contributed by atoms with Gasteiger partial charge in [0.1, 0.15) is 0 Å². The van der Waals surface area contributed by atoms with Crippen LogP contribution in [0.3, 0.4) is 0 Å². The van der Waals surface area contributed by atoms with Gasteiger partial charge in [0.25, 0.3) is 0 Å². The van der Waals surface area contributed by atoms with Crippen molar-refractivity contribution in [2.75, 3.05) is 32.7 Å². The molecule has 34 heavy (non-hydrogen) atoms. The summed E-state index contributed by atoms with van der Waals surface area (Å²) in [4.78, 5) is 5.18. The molecule has 5 heterocycles. The molecule has 0 saturated carbocycles. The standard InChI is InChI=1S/C30H44N2O2/c33-26-16-12-8-4-2-1-3-7-11-15-24-19-25-20-32-18-14-10-6-5-9-13-17-30(29(24)32)23-31(21-26)22-27(34)28(25)30/h2-5,7,9,12,16,19,25-29,33-34H,1,6,8,10-11,13-15,17-18,20-23H2. The average Bonchev–Trinajstić information content (AvgIpc) is 2.83. The Labute approximate surface area is 206 Å². The molecule has 1 aliphatic carbocycles. The predicted octanol–water partition coefficient (Wildman–Crippen LogP) is 4.63. The molecule has 0 aromatic carbocycles. The molecule has 0 aromatic rings. The summed E-state index contributed by atoms with van der Waals surface area (Å²) in [5, 5.41) is 22.3. The smallest absolute Gasteiger partial charge is 0.0847 e. The molecule has 4 heteroatoms. The van der Waals surface area contributed by atoms with Gasteiger partial charge in [-0.2, -0.15) is 0 Å². The van der Waals surface area contributed by atoms with Crippen LogP contribution in [0.1, 0.15) is 57.8 Å². The predicted molar refractivity (Wildman–Crippen MR) is 139 cm³/mol. The Morgan fingerprint density at radius 2 is 1.62 bits per heavy atom. The van der Waals surface area contributed by atoms with Crippen LogP contribution >= 0.6 is 0 Å². The normalized spacial score (nSPS) is 43.2. The lowest BCUT2D eigenvalue weighted by molar-refractivity contribution is -0.162. The Balaban J connectivity index is 1.52. The molecule has 186 valence electrons. The van der Waals surface area contributed by atoms with Crippen molar-refractivity contribution in [3.63, 3.8) is 0 Å². The molecule has 0 aromatic heterocycles. The Hall–Kier alpha value is -1.46. The first kappa shape index (κ1) is 24.2. The summed E-state index contributed by atoms with van der Waals surface area (Å²) in [5.74, 6) is 0.776. The maximum absolute atomic E-state index is 11.6. The molecule has 0 amide bonds. The van der Waals surface area contributed by atoms with Crippen LogP contribution in [0.5, 0.6) is 0 Å². The van der Waals surface area contributed by atoms with E-state index in [1.54, 1.807) is 5.57 Å². The van der Waals surface area contributed by atoms with Crippen molar-refractivity contribution in [2.24, 2.45) is 17.3 Å². The SMILES string of the molecule is OC1C=CCC=CCC=CCCC2=CC3CN4CCCCC=CCCC5(CN(C1)CC(O)C35)C24. The number of aliphatic hydroxyl groups excluding tert-OH is 2. The summed E-state index contributed by atoms with van der Waals surface area (Å²) in [5.41, 5.74) is 1.68. The molecule has 4 nitrogen and oxygen atoms in total. The van der Waals surface area contributed by atoms with Gasteiger partial charge in [-0.1, -0.05) is 60.3 Å². The molecule has 8 atom stereocenters. The number of rotatable bonds is 0. The highest BCUT2D eigenvalue weighted by Gasteiger charge is 2.61. The number of piperidine rings is 2. The molecule has 6 rings (SSSR count). The van der Waals surface area contributed by atoms with E-state index in [0.717, 1.165) is 51.6 Å². The molecule has 6 bridgehead atoms. The van der Waals surface area contributed by atoms with Gasteiger partial charge in [0.15, 0.2) is 0 Å². The first-order valence-corrected chi connectivity index (χ1v) is 13.8. The third kappa shape index (κ3) is 5.06. The monoisotopic (exact) mass is 464 g/mol. The van der Waals surface area contributed by atoms with Crippen LogP contribution in [-0.2, 0) is 0 Å². The fourth-order valence-corrected chi connectivity index (χ4v) is 7.81. The van der Waals surface area contributed by atoms with Crippen molar-refractivity contribution in [3.8, 4) is 0 Å². The summed E-state index contributed by atoms with van der Waals surface area (Å²) >= 11 is 0. The summed E-state index contributed by atoms with van der Waals surface area (Å²) < 4.78 is 0. The van der Waals surface area contributed by atoms with Gasteiger partial charge in [0.05, 0.1) is 12.2 Å². The minimum Gasteiger partial charge on any atom is -0.391 e. The molecule has 0 radical (unpaired) electrons. The van der Waals surface area contributed by atoms with E-state index in [1.807, 2.05) is 6.08 Å². The van der Waals surface area contributed by atoms with Gasteiger partial charge < -0.3 is 10.2 Å². The van der Waals surface area contributed by atoms with Crippen LogP contribution in [0.25, 0.3) is 0 Å². The zero-order valence-electron chi connectivity index (χ0n) is 20.8. The molecule has 8 unspecified atom stereocenters. The van der Waals surface area contributed by atoms with Crippen LogP contribution < -0.4 is 0 Å². The summed E-state index contributed by atoms with van der Waals surface area (Å²) in [6, 6.07) is 0.420.